The van der Waals surface area contributed by atoms with Crippen LogP contribution >= 0.6 is 11.8 Å². The zero-order valence-corrected chi connectivity index (χ0v) is 14.9. The third-order valence-electron chi connectivity index (χ3n) is 3.94. The number of carbonyl (C=O) groups is 1. The number of amides is 1. The maximum Gasteiger partial charge on any atom is 0.216 e. The van der Waals surface area contributed by atoms with E-state index < -0.39 is 0 Å². The van der Waals surface area contributed by atoms with Crippen molar-refractivity contribution in [2.75, 3.05) is 18.9 Å². The Morgan fingerprint density at radius 3 is 3.00 bits per heavy atom. The molecule has 3 rings (SSSR count). The summed E-state index contributed by atoms with van der Waals surface area (Å²) in [6.07, 6.45) is 2.80. The van der Waals surface area contributed by atoms with Crippen LogP contribution in [-0.4, -0.2) is 45.7 Å². The van der Waals surface area contributed by atoms with E-state index >= 15 is 0 Å². The van der Waals surface area contributed by atoms with Crippen molar-refractivity contribution in [1.82, 2.24) is 20.1 Å². The SMILES string of the molecule is CC(=O)NCCc1nnc(SC[C@@H]2CCCO2)n1-c1ccccc1F. The lowest BCUT2D eigenvalue weighted by molar-refractivity contribution is -0.118. The standard InChI is InChI=1S/C17H21FN4O2S/c1-12(23)19-9-8-16-20-21-17(25-11-13-5-4-10-24-13)22(16)15-7-3-2-6-14(15)18/h2-3,6-7,13H,4-5,8-11H2,1H3,(H,19,23)/t13-/m0/s1. The van der Waals surface area contributed by atoms with Crippen LogP contribution in [0.3, 0.4) is 0 Å². The summed E-state index contributed by atoms with van der Waals surface area (Å²) in [5.41, 5.74) is 0.417. The lowest BCUT2D eigenvalue weighted by Crippen LogP contribution is -2.23. The first-order valence-corrected chi connectivity index (χ1v) is 9.31. The van der Waals surface area contributed by atoms with E-state index in [4.69, 9.17) is 4.74 Å². The van der Waals surface area contributed by atoms with E-state index in [1.807, 2.05) is 0 Å². The molecule has 1 amide bonds. The molecule has 1 N–H and O–H groups in total. The molecule has 2 heterocycles. The van der Waals surface area contributed by atoms with Crippen LogP contribution in [0.1, 0.15) is 25.6 Å². The molecule has 1 aliphatic rings. The van der Waals surface area contributed by atoms with Crippen LogP contribution in [-0.2, 0) is 16.0 Å². The molecular formula is C17H21FN4O2S. The first-order chi connectivity index (χ1) is 12.1. The van der Waals surface area contributed by atoms with Gasteiger partial charge in [-0.05, 0) is 25.0 Å². The summed E-state index contributed by atoms with van der Waals surface area (Å²) < 4.78 is 21.7. The monoisotopic (exact) mass is 364 g/mol. The quantitative estimate of drug-likeness (QED) is 0.764. The Balaban J connectivity index is 1.82. The molecule has 6 nitrogen and oxygen atoms in total. The van der Waals surface area contributed by atoms with Gasteiger partial charge < -0.3 is 10.1 Å². The van der Waals surface area contributed by atoms with Crippen LogP contribution < -0.4 is 5.32 Å². The van der Waals surface area contributed by atoms with E-state index in [9.17, 15) is 9.18 Å². The minimum atomic E-state index is -0.331. The third kappa shape index (κ3) is 4.58. The van der Waals surface area contributed by atoms with Crippen molar-refractivity contribution in [3.63, 3.8) is 0 Å². The van der Waals surface area contributed by atoms with Gasteiger partial charge in [0.25, 0.3) is 0 Å². The summed E-state index contributed by atoms with van der Waals surface area (Å²) in [7, 11) is 0. The average molecular weight is 364 g/mol. The van der Waals surface area contributed by atoms with E-state index in [2.05, 4.69) is 15.5 Å². The fraction of sp³-hybridized carbons (Fsp3) is 0.471. The van der Waals surface area contributed by atoms with Crippen molar-refractivity contribution in [1.29, 1.82) is 0 Å². The second-order valence-electron chi connectivity index (χ2n) is 5.86. The summed E-state index contributed by atoms with van der Waals surface area (Å²) >= 11 is 1.52. The van der Waals surface area contributed by atoms with E-state index in [1.165, 1.54) is 24.8 Å². The van der Waals surface area contributed by atoms with E-state index in [0.29, 0.717) is 29.6 Å². The summed E-state index contributed by atoms with van der Waals surface area (Å²) in [5, 5.41) is 11.8. The zero-order valence-electron chi connectivity index (χ0n) is 14.1. The Morgan fingerprint density at radius 2 is 2.28 bits per heavy atom. The van der Waals surface area contributed by atoms with Crippen molar-refractivity contribution >= 4 is 17.7 Å². The van der Waals surface area contributed by atoms with Gasteiger partial charge in [-0.3, -0.25) is 9.36 Å². The second kappa shape index (κ2) is 8.44. The largest absolute Gasteiger partial charge is 0.377 e. The highest BCUT2D eigenvalue weighted by atomic mass is 32.2. The first kappa shape index (κ1) is 17.9. The van der Waals surface area contributed by atoms with Crippen molar-refractivity contribution in [3.05, 3.63) is 35.9 Å². The van der Waals surface area contributed by atoms with Crippen molar-refractivity contribution in [2.45, 2.75) is 37.4 Å². The molecule has 1 saturated heterocycles. The van der Waals surface area contributed by atoms with Gasteiger partial charge in [-0.1, -0.05) is 23.9 Å². The highest BCUT2D eigenvalue weighted by molar-refractivity contribution is 7.99. The summed E-state index contributed by atoms with van der Waals surface area (Å²) in [4.78, 5) is 11.1. The number of aromatic nitrogens is 3. The molecule has 0 aliphatic carbocycles. The van der Waals surface area contributed by atoms with Crippen LogP contribution in [0.5, 0.6) is 0 Å². The maximum atomic E-state index is 14.3. The van der Waals surface area contributed by atoms with Crippen LogP contribution in [0.2, 0.25) is 0 Å². The molecule has 1 atom stereocenters. The molecule has 25 heavy (non-hydrogen) atoms. The fourth-order valence-electron chi connectivity index (χ4n) is 2.72. The molecule has 1 aliphatic heterocycles. The van der Waals surface area contributed by atoms with Gasteiger partial charge in [0, 0.05) is 32.2 Å². The predicted molar refractivity (Wildman–Crippen MR) is 93.4 cm³/mol. The zero-order chi connectivity index (χ0) is 17.6. The fourth-order valence-corrected chi connectivity index (χ4v) is 3.75. The molecular weight excluding hydrogens is 343 g/mol. The molecule has 2 aromatic rings. The number of thioether (sulfide) groups is 1. The van der Waals surface area contributed by atoms with Gasteiger partial charge in [-0.2, -0.15) is 0 Å². The lowest BCUT2D eigenvalue weighted by atomic mass is 10.3. The summed E-state index contributed by atoms with van der Waals surface area (Å²) in [6.45, 7) is 2.69. The van der Waals surface area contributed by atoms with Crippen LogP contribution in [0.15, 0.2) is 29.4 Å². The average Bonchev–Trinajstić information content (AvgIpc) is 3.23. The lowest BCUT2D eigenvalue weighted by Gasteiger charge is -2.12. The van der Waals surface area contributed by atoms with E-state index in [0.717, 1.165) is 25.2 Å². The molecule has 1 fully saturated rings. The number of benzene rings is 1. The number of nitrogens with one attached hydrogen (secondary N) is 1. The van der Waals surface area contributed by atoms with Gasteiger partial charge in [-0.25, -0.2) is 4.39 Å². The van der Waals surface area contributed by atoms with Crippen LogP contribution in [0.4, 0.5) is 4.39 Å². The summed E-state index contributed by atoms with van der Waals surface area (Å²) in [5.74, 6) is 0.943. The molecule has 134 valence electrons. The number of carbonyl (C=O) groups excluding carboxylic acids is 1. The Bertz CT molecular complexity index is 731. The minimum absolute atomic E-state index is 0.107. The van der Waals surface area contributed by atoms with Crippen molar-refractivity contribution in [3.8, 4) is 5.69 Å². The normalized spacial score (nSPS) is 17.0. The van der Waals surface area contributed by atoms with Gasteiger partial charge in [0.15, 0.2) is 5.16 Å². The maximum absolute atomic E-state index is 14.3. The molecule has 0 radical (unpaired) electrons. The van der Waals surface area contributed by atoms with E-state index in [1.54, 1.807) is 22.8 Å². The number of para-hydroxylation sites is 1. The smallest absolute Gasteiger partial charge is 0.216 e. The number of rotatable bonds is 7. The van der Waals surface area contributed by atoms with Gasteiger partial charge in [0.2, 0.25) is 5.91 Å². The van der Waals surface area contributed by atoms with Crippen molar-refractivity contribution in [2.24, 2.45) is 0 Å². The van der Waals surface area contributed by atoms with Crippen LogP contribution in [0.25, 0.3) is 5.69 Å². The topological polar surface area (TPSA) is 69.0 Å². The van der Waals surface area contributed by atoms with Crippen molar-refractivity contribution < 1.29 is 13.9 Å². The molecule has 8 heteroatoms. The molecule has 0 spiro atoms. The van der Waals surface area contributed by atoms with E-state index in [-0.39, 0.29) is 17.8 Å². The number of hydrogen-bond acceptors (Lipinski definition) is 5. The Labute approximate surface area is 150 Å². The molecule has 0 bridgehead atoms. The number of hydrogen-bond donors (Lipinski definition) is 1. The number of halogens is 1. The molecule has 0 unspecified atom stereocenters. The van der Waals surface area contributed by atoms with Gasteiger partial charge in [-0.15, -0.1) is 10.2 Å². The summed E-state index contributed by atoms with van der Waals surface area (Å²) in [6, 6.07) is 6.56. The highest BCUT2D eigenvalue weighted by Gasteiger charge is 2.20. The number of ether oxygens (including phenoxy) is 1. The van der Waals surface area contributed by atoms with Gasteiger partial charge in [0.05, 0.1) is 11.8 Å². The molecule has 1 aromatic heterocycles. The molecule has 1 aromatic carbocycles. The molecule has 0 saturated carbocycles. The third-order valence-corrected chi connectivity index (χ3v) is 5.00. The van der Waals surface area contributed by atoms with Crippen LogP contribution in [0, 0.1) is 5.82 Å². The first-order valence-electron chi connectivity index (χ1n) is 8.33. The predicted octanol–water partition coefficient (Wildman–Crippen LogP) is 2.36. The van der Waals surface area contributed by atoms with Gasteiger partial charge in [0.1, 0.15) is 11.6 Å². The number of nitrogens with zero attached hydrogens (tertiary/aromatic N) is 3. The highest BCUT2D eigenvalue weighted by Crippen LogP contribution is 2.27. The minimum Gasteiger partial charge on any atom is -0.377 e. The Morgan fingerprint density at radius 1 is 1.44 bits per heavy atom. The van der Waals surface area contributed by atoms with Gasteiger partial charge >= 0.3 is 0 Å². The second-order valence-corrected chi connectivity index (χ2v) is 6.85. The Hall–Kier alpha value is -1.93. The Kier molecular flexibility index (Phi) is 6.04.